The normalized spacial score (nSPS) is 39.3. The fourth-order valence-electron chi connectivity index (χ4n) is 3.72. The molecule has 6 heteroatoms. The topological polar surface area (TPSA) is 69.7 Å². The highest BCUT2D eigenvalue weighted by molar-refractivity contribution is 7.86. The van der Waals surface area contributed by atoms with E-state index >= 15 is 0 Å². The van der Waals surface area contributed by atoms with E-state index in [1.165, 1.54) is 7.11 Å². The predicted octanol–water partition coefficient (Wildman–Crippen LogP) is 0.882. The number of carbonyl (C=O) groups is 1. The zero-order valence-electron chi connectivity index (χ0n) is 10.8. The second-order valence-corrected chi connectivity index (χ2v) is 7.02. The molecule has 19 heavy (non-hydrogen) atoms. The van der Waals surface area contributed by atoms with Crippen molar-refractivity contribution < 1.29 is 22.1 Å². The van der Waals surface area contributed by atoms with Crippen molar-refractivity contribution in [2.75, 3.05) is 13.4 Å². The van der Waals surface area contributed by atoms with Crippen molar-refractivity contribution in [3.63, 3.8) is 0 Å². The standard InChI is InChI=1S/C13H16O5S/c1-17-13(14)9-6-10-11(18-19(2,15)16)5-7-3-4-8(9)12(7)10/h3-4,6-8,10-12H,5H2,1-2H3/t7-,8-,10+,11+,12-/m1/s1. The van der Waals surface area contributed by atoms with E-state index in [1.807, 2.05) is 12.2 Å². The Morgan fingerprint density at radius 1 is 1.37 bits per heavy atom. The molecule has 5 nitrogen and oxygen atoms in total. The van der Waals surface area contributed by atoms with Gasteiger partial charge in [0.05, 0.1) is 19.5 Å². The number of methoxy groups -OCH3 is 1. The molecular formula is C13H16O5S. The van der Waals surface area contributed by atoms with Crippen LogP contribution in [0.5, 0.6) is 0 Å². The molecule has 3 aliphatic rings. The Labute approximate surface area is 112 Å². The second kappa shape index (κ2) is 4.18. The summed E-state index contributed by atoms with van der Waals surface area (Å²) >= 11 is 0. The number of hydrogen-bond donors (Lipinski definition) is 0. The van der Waals surface area contributed by atoms with Crippen LogP contribution in [-0.4, -0.2) is 33.9 Å². The summed E-state index contributed by atoms with van der Waals surface area (Å²) in [5, 5.41) is 0. The lowest BCUT2D eigenvalue weighted by Gasteiger charge is -2.18. The van der Waals surface area contributed by atoms with Gasteiger partial charge in [-0.05, 0) is 18.3 Å². The van der Waals surface area contributed by atoms with Crippen LogP contribution in [0.3, 0.4) is 0 Å². The van der Waals surface area contributed by atoms with Gasteiger partial charge in [0, 0.05) is 17.4 Å². The maximum absolute atomic E-state index is 11.7. The van der Waals surface area contributed by atoms with Gasteiger partial charge in [0.2, 0.25) is 0 Å². The van der Waals surface area contributed by atoms with Crippen LogP contribution in [-0.2, 0) is 23.8 Å². The van der Waals surface area contributed by atoms with Gasteiger partial charge in [0.15, 0.2) is 0 Å². The number of allylic oxidation sites excluding steroid dienone is 2. The van der Waals surface area contributed by atoms with Gasteiger partial charge in [0.25, 0.3) is 10.1 Å². The van der Waals surface area contributed by atoms with E-state index < -0.39 is 10.1 Å². The minimum absolute atomic E-state index is 0.0196. The quantitative estimate of drug-likeness (QED) is 0.437. The van der Waals surface area contributed by atoms with Crippen molar-refractivity contribution >= 4 is 16.1 Å². The molecule has 5 atom stereocenters. The van der Waals surface area contributed by atoms with Crippen LogP contribution in [0.15, 0.2) is 23.8 Å². The smallest absolute Gasteiger partial charge is 0.334 e. The molecule has 0 aliphatic heterocycles. The van der Waals surface area contributed by atoms with Crippen molar-refractivity contribution in [2.45, 2.75) is 12.5 Å². The van der Waals surface area contributed by atoms with Gasteiger partial charge in [-0.15, -0.1) is 0 Å². The van der Waals surface area contributed by atoms with E-state index in [4.69, 9.17) is 8.92 Å². The molecule has 0 aromatic heterocycles. The molecule has 0 bridgehead atoms. The molecule has 0 unspecified atom stereocenters. The lowest BCUT2D eigenvalue weighted by Crippen LogP contribution is -2.22. The molecular weight excluding hydrogens is 268 g/mol. The molecule has 0 spiro atoms. The summed E-state index contributed by atoms with van der Waals surface area (Å²) in [7, 11) is -2.12. The molecule has 0 aromatic carbocycles. The zero-order valence-corrected chi connectivity index (χ0v) is 11.6. The molecule has 3 rings (SSSR count). The summed E-state index contributed by atoms with van der Waals surface area (Å²) in [5.74, 6) is 0.244. The minimum Gasteiger partial charge on any atom is -0.466 e. The van der Waals surface area contributed by atoms with E-state index in [9.17, 15) is 13.2 Å². The SMILES string of the molecule is COC(=O)C1=C[C@@H]2[C@@H]3[C@H](C=C[C@H]13)C[C@@H]2OS(C)(=O)=O. The maximum atomic E-state index is 11.7. The summed E-state index contributed by atoms with van der Waals surface area (Å²) in [6.07, 6.45) is 7.35. The third kappa shape index (κ3) is 2.03. The van der Waals surface area contributed by atoms with Crippen molar-refractivity contribution in [2.24, 2.45) is 23.7 Å². The first-order chi connectivity index (χ1) is 8.90. The monoisotopic (exact) mass is 284 g/mol. The van der Waals surface area contributed by atoms with E-state index in [0.717, 1.165) is 6.26 Å². The molecule has 0 amide bonds. The van der Waals surface area contributed by atoms with E-state index in [0.29, 0.717) is 17.9 Å². The number of hydrogen-bond acceptors (Lipinski definition) is 5. The second-order valence-electron chi connectivity index (χ2n) is 5.42. The Hall–Kier alpha value is -1.14. The van der Waals surface area contributed by atoms with Crippen molar-refractivity contribution in [1.82, 2.24) is 0 Å². The molecule has 1 fully saturated rings. The summed E-state index contributed by atoms with van der Waals surface area (Å²) in [4.78, 5) is 11.7. The van der Waals surface area contributed by atoms with Gasteiger partial charge in [-0.3, -0.25) is 4.18 Å². The highest BCUT2D eigenvalue weighted by Gasteiger charge is 2.54. The summed E-state index contributed by atoms with van der Waals surface area (Å²) in [6, 6.07) is 0. The first kappa shape index (κ1) is 12.9. The molecule has 0 aromatic rings. The van der Waals surface area contributed by atoms with Crippen LogP contribution < -0.4 is 0 Å². The van der Waals surface area contributed by atoms with Crippen molar-refractivity contribution in [3.05, 3.63) is 23.8 Å². The fourth-order valence-corrected chi connectivity index (χ4v) is 4.37. The number of ether oxygens (including phenoxy) is 1. The third-order valence-corrected chi connectivity index (χ3v) is 4.90. The molecule has 104 valence electrons. The van der Waals surface area contributed by atoms with Crippen LogP contribution in [0.2, 0.25) is 0 Å². The van der Waals surface area contributed by atoms with Gasteiger partial charge in [-0.1, -0.05) is 18.2 Å². The lowest BCUT2D eigenvalue weighted by atomic mass is 9.88. The van der Waals surface area contributed by atoms with E-state index in [-0.39, 0.29) is 29.8 Å². The number of carbonyl (C=O) groups excluding carboxylic acids is 1. The van der Waals surface area contributed by atoms with Crippen molar-refractivity contribution in [3.8, 4) is 0 Å². The van der Waals surface area contributed by atoms with Gasteiger partial charge < -0.3 is 4.74 Å². The predicted molar refractivity (Wildman–Crippen MR) is 67.5 cm³/mol. The van der Waals surface area contributed by atoms with Crippen LogP contribution in [0.1, 0.15) is 6.42 Å². The van der Waals surface area contributed by atoms with Crippen LogP contribution in [0, 0.1) is 23.7 Å². The van der Waals surface area contributed by atoms with Crippen molar-refractivity contribution in [1.29, 1.82) is 0 Å². The Morgan fingerprint density at radius 3 is 2.74 bits per heavy atom. The first-order valence-electron chi connectivity index (χ1n) is 6.27. The molecule has 0 saturated heterocycles. The third-order valence-electron chi connectivity index (χ3n) is 4.30. The highest BCUT2D eigenvalue weighted by Crippen LogP contribution is 2.55. The fraction of sp³-hybridized carbons (Fsp3) is 0.615. The molecule has 0 N–H and O–H groups in total. The van der Waals surface area contributed by atoms with Crippen LogP contribution >= 0.6 is 0 Å². The van der Waals surface area contributed by atoms with Gasteiger partial charge in [0.1, 0.15) is 0 Å². The average molecular weight is 284 g/mol. The Bertz CT molecular complexity index is 574. The molecule has 0 heterocycles. The first-order valence-corrected chi connectivity index (χ1v) is 8.09. The minimum atomic E-state index is -3.48. The maximum Gasteiger partial charge on any atom is 0.334 e. The van der Waals surface area contributed by atoms with E-state index in [2.05, 4.69) is 6.08 Å². The van der Waals surface area contributed by atoms with E-state index in [1.54, 1.807) is 0 Å². The number of rotatable bonds is 3. The largest absolute Gasteiger partial charge is 0.466 e. The van der Waals surface area contributed by atoms with Gasteiger partial charge in [-0.2, -0.15) is 8.42 Å². The average Bonchev–Trinajstić information content (AvgIpc) is 2.93. The van der Waals surface area contributed by atoms with Crippen LogP contribution in [0.25, 0.3) is 0 Å². The van der Waals surface area contributed by atoms with Gasteiger partial charge in [-0.25, -0.2) is 4.79 Å². The molecule has 3 aliphatic carbocycles. The molecule has 0 radical (unpaired) electrons. The Balaban J connectivity index is 1.90. The van der Waals surface area contributed by atoms with Gasteiger partial charge >= 0.3 is 5.97 Å². The highest BCUT2D eigenvalue weighted by atomic mass is 32.2. The molecule has 1 saturated carbocycles. The zero-order chi connectivity index (χ0) is 13.8. The number of esters is 1. The lowest BCUT2D eigenvalue weighted by molar-refractivity contribution is -0.136. The Kier molecular flexibility index (Phi) is 2.83. The van der Waals surface area contributed by atoms with Crippen LogP contribution in [0.4, 0.5) is 0 Å². The Morgan fingerprint density at radius 2 is 2.11 bits per heavy atom. The summed E-state index contributed by atoms with van der Waals surface area (Å²) in [6.45, 7) is 0. The summed E-state index contributed by atoms with van der Waals surface area (Å²) < 4.78 is 32.6. The summed E-state index contributed by atoms with van der Waals surface area (Å²) in [5.41, 5.74) is 0.637.